The van der Waals surface area contributed by atoms with Crippen LogP contribution in [0.25, 0.3) is 6.08 Å². The highest BCUT2D eigenvalue weighted by molar-refractivity contribution is 9.09. The van der Waals surface area contributed by atoms with Crippen molar-refractivity contribution in [1.82, 2.24) is 0 Å². The van der Waals surface area contributed by atoms with Crippen molar-refractivity contribution in [2.75, 3.05) is 11.9 Å². The molecule has 0 amide bonds. The average molecular weight is 227 g/mol. The van der Waals surface area contributed by atoms with Gasteiger partial charge in [-0.15, -0.1) is 0 Å². The van der Waals surface area contributed by atoms with Gasteiger partial charge < -0.3 is 4.74 Å². The Morgan fingerprint density at radius 2 is 2.00 bits per heavy atom. The van der Waals surface area contributed by atoms with Crippen LogP contribution in [0.3, 0.4) is 0 Å². The molecule has 0 aliphatic heterocycles. The minimum absolute atomic E-state index is 0.712. The Kier molecular flexibility index (Phi) is 4.54. The predicted octanol–water partition coefficient (Wildman–Crippen LogP) is 3.07. The van der Waals surface area contributed by atoms with Crippen molar-refractivity contribution in [1.29, 1.82) is 0 Å². The zero-order chi connectivity index (χ0) is 8.65. The number of hydrogen-bond donors (Lipinski definition) is 0. The molecule has 0 saturated heterocycles. The maximum Gasteiger partial charge on any atom is 0.0970 e. The van der Waals surface area contributed by atoms with Crippen molar-refractivity contribution in [3.63, 3.8) is 0 Å². The van der Waals surface area contributed by atoms with E-state index in [1.165, 1.54) is 0 Å². The second kappa shape index (κ2) is 5.84. The fourth-order valence-corrected chi connectivity index (χ4v) is 0.990. The molecule has 1 rings (SSSR count). The summed E-state index contributed by atoms with van der Waals surface area (Å²) < 4.78 is 5.16. The van der Waals surface area contributed by atoms with Crippen LogP contribution in [0.2, 0.25) is 0 Å². The van der Waals surface area contributed by atoms with E-state index in [9.17, 15) is 0 Å². The topological polar surface area (TPSA) is 9.23 Å². The lowest BCUT2D eigenvalue weighted by Gasteiger charge is -1.94. The Hall–Kier alpha value is -0.760. The molecule has 0 fully saturated rings. The van der Waals surface area contributed by atoms with E-state index in [0.29, 0.717) is 6.61 Å². The molecule has 0 radical (unpaired) electrons. The molecule has 0 aromatic heterocycles. The largest absolute Gasteiger partial charge is 0.500 e. The summed E-state index contributed by atoms with van der Waals surface area (Å²) >= 11 is 3.28. The number of ether oxygens (including phenoxy) is 1. The Bertz CT molecular complexity index is 231. The van der Waals surface area contributed by atoms with Crippen LogP contribution in [0.1, 0.15) is 5.56 Å². The second-order valence-corrected chi connectivity index (χ2v) is 3.07. The lowest BCUT2D eigenvalue weighted by Crippen LogP contribution is -1.85. The third kappa shape index (κ3) is 3.58. The number of rotatable bonds is 4. The lowest BCUT2D eigenvalue weighted by molar-refractivity contribution is 0.276. The van der Waals surface area contributed by atoms with Gasteiger partial charge in [-0.2, -0.15) is 0 Å². The van der Waals surface area contributed by atoms with Crippen LogP contribution >= 0.6 is 15.9 Å². The summed E-state index contributed by atoms with van der Waals surface area (Å²) in [5.41, 5.74) is 1.16. The Morgan fingerprint density at radius 1 is 1.25 bits per heavy atom. The van der Waals surface area contributed by atoms with Crippen LogP contribution in [0.4, 0.5) is 0 Å². The molecule has 0 saturated carbocycles. The van der Waals surface area contributed by atoms with E-state index >= 15 is 0 Å². The molecule has 0 heterocycles. The molecule has 0 bridgehead atoms. The van der Waals surface area contributed by atoms with Crippen LogP contribution < -0.4 is 0 Å². The maximum absolute atomic E-state index is 5.16. The standard InChI is InChI=1S/C10H11BrO/c11-7-9-12-8-6-10-4-2-1-3-5-10/h1-6,8H,7,9H2. The molecule has 1 aromatic rings. The van der Waals surface area contributed by atoms with Gasteiger partial charge in [0.05, 0.1) is 12.9 Å². The summed E-state index contributed by atoms with van der Waals surface area (Å²) in [5, 5.41) is 0.867. The van der Waals surface area contributed by atoms with Gasteiger partial charge in [-0.3, -0.25) is 0 Å². The fourth-order valence-electron chi connectivity index (χ4n) is 0.803. The summed E-state index contributed by atoms with van der Waals surface area (Å²) in [6, 6.07) is 10.1. The first-order valence-electron chi connectivity index (χ1n) is 3.82. The minimum Gasteiger partial charge on any atom is -0.500 e. The number of hydrogen-bond acceptors (Lipinski definition) is 1. The molecule has 0 unspecified atom stereocenters. The van der Waals surface area contributed by atoms with Crippen molar-refractivity contribution in [3.8, 4) is 0 Å². The highest BCUT2D eigenvalue weighted by atomic mass is 79.9. The Labute approximate surface area is 81.2 Å². The van der Waals surface area contributed by atoms with E-state index in [1.54, 1.807) is 6.26 Å². The normalized spacial score (nSPS) is 10.4. The molecule has 1 aromatic carbocycles. The van der Waals surface area contributed by atoms with Gasteiger partial charge in [0, 0.05) is 5.33 Å². The molecule has 12 heavy (non-hydrogen) atoms. The van der Waals surface area contributed by atoms with Gasteiger partial charge in [-0.1, -0.05) is 46.3 Å². The fraction of sp³-hybridized carbons (Fsp3) is 0.200. The van der Waals surface area contributed by atoms with E-state index in [-0.39, 0.29) is 0 Å². The Balaban J connectivity index is 2.36. The molecule has 0 spiro atoms. The van der Waals surface area contributed by atoms with Crippen LogP contribution in [-0.4, -0.2) is 11.9 Å². The van der Waals surface area contributed by atoms with E-state index in [1.807, 2.05) is 36.4 Å². The van der Waals surface area contributed by atoms with Crippen molar-refractivity contribution in [2.45, 2.75) is 0 Å². The van der Waals surface area contributed by atoms with Gasteiger partial charge in [0.25, 0.3) is 0 Å². The SMILES string of the molecule is BrCCOC=Cc1ccccc1. The summed E-state index contributed by atoms with van der Waals surface area (Å²) in [5.74, 6) is 0. The summed E-state index contributed by atoms with van der Waals surface area (Å²) in [6.07, 6.45) is 3.67. The molecule has 2 heteroatoms. The maximum atomic E-state index is 5.16. The van der Waals surface area contributed by atoms with Crippen LogP contribution in [0.5, 0.6) is 0 Å². The summed E-state index contributed by atoms with van der Waals surface area (Å²) in [4.78, 5) is 0. The van der Waals surface area contributed by atoms with Gasteiger partial charge in [0.2, 0.25) is 0 Å². The molecule has 0 aliphatic rings. The molecular formula is C10H11BrO. The smallest absolute Gasteiger partial charge is 0.0970 e. The van der Waals surface area contributed by atoms with Crippen molar-refractivity contribution in [2.24, 2.45) is 0 Å². The second-order valence-electron chi connectivity index (χ2n) is 2.27. The summed E-state index contributed by atoms with van der Waals surface area (Å²) in [6.45, 7) is 0.712. The van der Waals surface area contributed by atoms with Crippen LogP contribution in [0, 0.1) is 0 Å². The van der Waals surface area contributed by atoms with Gasteiger partial charge >= 0.3 is 0 Å². The van der Waals surface area contributed by atoms with E-state index < -0.39 is 0 Å². The number of benzene rings is 1. The third-order valence-electron chi connectivity index (χ3n) is 1.35. The third-order valence-corrected chi connectivity index (χ3v) is 1.68. The van der Waals surface area contributed by atoms with Crippen molar-refractivity contribution >= 4 is 22.0 Å². The first kappa shape index (κ1) is 9.33. The first-order chi connectivity index (χ1) is 5.93. The van der Waals surface area contributed by atoms with Crippen molar-refractivity contribution < 1.29 is 4.74 Å². The van der Waals surface area contributed by atoms with Crippen LogP contribution in [0.15, 0.2) is 36.6 Å². The first-order valence-corrected chi connectivity index (χ1v) is 4.95. The zero-order valence-electron chi connectivity index (χ0n) is 6.74. The van der Waals surface area contributed by atoms with E-state index in [0.717, 1.165) is 10.9 Å². The zero-order valence-corrected chi connectivity index (χ0v) is 8.33. The predicted molar refractivity (Wildman–Crippen MR) is 55.2 cm³/mol. The molecule has 64 valence electrons. The van der Waals surface area contributed by atoms with Gasteiger partial charge in [-0.25, -0.2) is 0 Å². The van der Waals surface area contributed by atoms with Gasteiger partial charge in [0.15, 0.2) is 0 Å². The average Bonchev–Trinajstić information content (AvgIpc) is 2.14. The Morgan fingerprint density at radius 3 is 2.67 bits per heavy atom. The molecule has 0 atom stereocenters. The molecular weight excluding hydrogens is 216 g/mol. The minimum atomic E-state index is 0.712. The van der Waals surface area contributed by atoms with Gasteiger partial charge in [-0.05, 0) is 11.6 Å². The van der Waals surface area contributed by atoms with Gasteiger partial charge in [0.1, 0.15) is 0 Å². The summed E-state index contributed by atoms with van der Waals surface area (Å²) in [7, 11) is 0. The molecule has 1 nitrogen and oxygen atoms in total. The molecule has 0 aliphatic carbocycles. The highest BCUT2D eigenvalue weighted by Crippen LogP contribution is 2.00. The quantitative estimate of drug-likeness (QED) is 0.436. The monoisotopic (exact) mass is 226 g/mol. The lowest BCUT2D eigenvalue weighted by atomic mass is 10.2. The van der Waals surface area contributed by atoms with Crippen LogP contribution in [-0.2, 0) is 4.74 Å². The highest BCUT2D eigenvalue weighted by Gasteiger charge is 1.81. The van der Waals surface area contributed by atoms with Crippen molar-refractivity contribution in [3.05, 3.63) is 42.2 Å². The van der Waals surface area contributed by atoms with E-state index in [4.69, 9.17) is 4.74 Å². The number of halogens is 1. The van der Waals surface area contributed by atoms with E-state index in [2.05, 4.69) is 15.9 Å². The number of alkyl halides is 1. The molecule has 0 N–H and O–H groups in total.